The van der Waals surface area contributed by atoms with Crippen LogP contribution in [0.2, 0.25) is 0 Å². The maximum atomic E-state index is 10.5. The van der Waals surface area contributed by atoms with Gasteiger partial charge >= 0.3 is 0 Å². The van der Waals surface area contributed by atoms with Gasteiger partial charge in [-0.2, -0.15) is 0 Å². The van der Waals surface area contributed by atoms with Crippen LogP contribution in [-0.2, 0) is 0 Å². The quantitative estimate of drug-likeness (QED) is 0.580. The van der Waals surface area contributed by atoms with Gasteiger partial charge in [0.05, 0.1) is 19.1 Å². The van der Waals surface area contributed by atoms with Gasteiger partial charge in [0.15, 0.2) is 11.5 Å². The van der Waals surface area contributed by atoms with E-state index >= 15 is 0 Å². The summed E-state index contributed by atoms with van der Waals surface area (Å²) >= 11 is 0. The molecular weight excluding hydrogens is 210 g/mol. The van der Waals surface area contributed by atoms with Crippen molar-refractivity contribution >= 4 is 6.08 Å². The third-order valence-electron chi connectivity index (χ3n) is 2.09. The second-order valence-corrected chi connectivity index (χ2v) is 3.13. The van der Waals surface area contributed by atoms with Gasteiger partial charge in [-0.25, -0.2) is 0 Å². The number of rotatable bonds is 4. The largest absolute Gasteiger partial charge is 0.493 e. The van der Waals surface area contributed by atoms with Crippen molar-refractivity contribution in [2.45, 2.75) is 6.92 Å². The number of methoxy groups -OCH3 is 2. The van der Waals surface area contributed by atoms with Gasteiger partial charge < -0.3 is 9.47 Å². The summed E-state index contributed by atoms with van der Waals surface area (Å²) < 4.78 is 10.3. The SMILES string of the molecule is COc1cccc(/C=C(/C)[N+](=O)[O-])c1OC. The van der Waals surface area contributed by atoms with E-state index in [1.807, 2.05) is 0 Å². The number of allylic oxidation sites excluding steroid dienone is 1. The normalized spacial score (nSPS) is 11.1. The van der Waals surface area contributed by atoms with Crippen LogP contribution in [0, 0.1) is 10.1 Å². The van der Waals surface area contributed by atoms with Gasteiger partial charge in [0, 0.05) is 18.6 Å². The predicted molar refractivity (Wildman–Crippen MR) is 60.2 cm³/mol. The van der Waals surface area contributed by atoms with E-state index in [1.54, 1.807) is 18.2 Å². The highest BCUT2D eigenvalue weighted by Crippen LogP contribution is 2.32. The van der Waals surface area contributed by atoms with E-state index in [0.717, 1.165) is 0 Å². The van der Waals surface area contributed by atoms with Crippen LogP contribution in [0.4, 0.5) is 0 Å². The molecule has 0 amide bonds. The van der Waals surface area contributed by atoms with Crippen LogP contribution in [0.15, 0.2) is 23.9 Å². The minimum atomic E-state index is -0.446. The summed E-state index contributed by atoms with van der Waals surface area (Å²) in [5.74, 6) is 1.04. The second-order valence-electron chi connectivity index (χ2n) is 3.13. The number of nitrogens with zero attached hydrogens (tertiary/aromatic N) is 1. The van der Waals surface area contributed by atoms with Gasteiger partial charge in [-0.3, -0.25) is 10.1 Å². The number of nitro groups is 1. The first-order chi connectivity index (χ1) is 7.60. The van der Waals surface area contributed by atoms with Crippen molar-refractivity contribution in [3.8, 4) is 11.5 Å². The first-order valence-electron chi connectivity index (χ1n) is 4.63. The summed E-state index contributed by atoms with van der Waals surface area (Å²) in [6.45, 7) is 1.43. The van der Waals surface area contributed by atoms with Crippen LogP contribution >= 0.6 is 0 Å². The molecule has 0 heterocycles. The van der Waals surface area contributed by atoms with Gasteiger partial charge in [-0.1, -0.05) is 12.1 Å². The summed E-state index contributed by atoms with van der Waals surface area (Å²) in [5, 5.41) is 10.5. The Bertz CT molecular complexity index is 426. The molecule has 0 atom stereocenters. The molecule has 0 aromatic heterocycles. The van der Waals surface area contributed by atoms with Crippen molar-refractivity contribution < 1.29 is 14.4 Å². The van der Waals surface area contributed by atoms with Crippen LogP contribution in [0.3, 0.4) is 0 Å². The molecule has 5 nitrogen and oxygen atoms in total. The van der Waals surface area contributed by atoms with Gasteiger partial charge in [-0.05, 0) is 6.07 Å². The molecule has 86 valence electrons. The van der Waals surface area contributed by atoms with Gasteiger partial charge in [-0.15, -0.1) is 0 Å². The zero-order chi connectivity index (χ0) is 12.1. The Morgan fingerprint density at radius 2 is 2.06 bits per heavy atom. The molecule has 0 N–H and O–H groups in total. The molecule has 0 aliphatic heterocycles. The zero-order valence-corrected chi connectivity index (χ0v) is 9.39. The van der Waals surface area contributed by atoms with E-state index in [2.05, 4.69) is 0 Å². The molecule has 0 aliphatic rings. The molecule has 0 saturated carbocycles. The summed E-state index contributed by atoms with van der Waals surface area (Å²) in [4.78, 5) is 10.1. The van der Waals surface area contributed by atoms with Crippen LogP contribution < -0.4 is 9.47 Å². The van der Waals surface area contributed by atoms with Gasteiger partial charge in [0.25, 0.3) is 0 Å². The third-order valence-corrected chi connectivity index (χ3v) is 2.09. The van der Waals surface area contributed by atoms with E-state index in [9.17, 15) is 10.1 Å². The number of para-hydroxylation sites is 1. The van der Waals surface area contributed by atoms with E-state index in [-0.39, 0.29) is 5.70 Å². The summed E-state index contributed by atoms with van der Waals surface area (Å²) in [5.41, 5.74) is 0.669. The molecule has 0 aliphatic carbocycles. The Kier molecular flexibility index (Phi) is 3.88. The monoisotopic (exact) mass is 223 g/mol. The highest BCUT2D eigenvalue weighted by atomic mass is 16.6. The van der Waals surface area contributed by atoms with E-state index < -0.39 is 4.92 Å². The first-order valence-corrected chi connectivity index (χ1v) is 4.63. The highest BCUT2D eigenvalue weighted by molar-refractivity contribution is 5.63. The molecule has 0 fully saturated rings. The van der Waals surface area contributed by atoms with Gasteiger partial charge in [0.2, 0.25) is 5.70 Å². The third kappa shape index (κ3) is 2.50. The van der Waals surface area contributed by atoms with E-state index in [4.69, 9.17) is 9.47 Å². The Balaban J connectivity index is 3.23. The molecule has 0 spiro atoms. The van der Waals surface area contributed by atoms with Crippen molar-refractivity contribution in [3.05, 3.63) is 39.6 Å². The molecule has 1 aromatic carbocycles. The lowest BCUT2D eigenvalue weighted by atomic mass is 10.1. The van der Waals surface area contributed by atoms with Crippen LogP contribution in [-0.4, -0.2) is 19.1 Å². The molecule has 1 aromatic rings. The molecule has 0 bridgehead atoms. The van der Waals surface area contributed by atoms with Crippen LogP contribution in [0.25, 0.3) is 6.08 Å². The maximum absolute atomic E-state index is 10.5. The Labute approximate surface area is 93.4 Å². The smallest absolute Gasteiger partial charge is 0.243 e. The number of ether oxygens (including phenoxy) is 2. The lowest BCUT2D eigenvalue weighted by Crippen LogP contribution is -1.96. The molecule has 0 unspecified atom stereocenters. The number of benzene rings is 1. The molecule has 1 rings (SSSR count). The number of hydrogen-bond acceptors (Lipinski definition) is 4. The molecule has 5 heteroatoms. The van der Waals surface area contributed by atoms with Crippen molar-refractivity contribution in [1.82, 2.24) is 0 Å². The standard InChI is InChI=1S/C11H13NO4/c1-8(12(13)14)7-9-5-4-6-10(15-2)11(9)16-3/h4-7H,1-3H3/b8-7-. The van der Waals surface area contributed by atoms with Crippen molar-refractivity contribution in [1.29, 1.82) is 0 Å². The predicted octanol–water partition coefficient (Wildman–Crippen LogP) is 2.34. The van der Waals surface area contributed by atoms with E-state index in [1.165, 1.54) is 27.2 Å². The lowest BCUT2D eigenvalue weighted by molar-refractivity contribution is -0.422. The van der Waals surface area contributed by atoms with E-state index in [0.29, 0.717) is 17.1 Å². The number of hydrogen-bond donors (Lipinski definition) is 0. The summed E-state index contributed by atoms with van der Waals surface area (Å²) in [6, 6.07) is 5.21. The topological polar surface area (TPSA) is 61.6 Å². The summed E-state index contributed by atoms with van der Waals surface area (Å²) in [7, 11) is 3.02. The van der Waals surface area contributed by atoms with Gasteiger partial charge in [0.1, 0.15) is 0 Å². The minimum absolute atomic E-state index is 0.0477. The fourth-order valence-corrected chi connectivity index (χ4v) is 1.30. The average Bonchev–Trinajstić information content (AvgIpc) is 2.28. The Morgan fingerprint density at radius 3 is 2.56 bits per heavy atom. The van der Waals surface area contributed by atoms with Crippen molar-refractivity contribution in [3.63, 3.8) is 0 Å². The minimum Gasteiger partial charge on any atom is -0.493 e. The molecule has 0 saturated heterocycles. The maximum Gasteiger partial charge on any atom is 0.243 e. The van der Waals surface area contributed by atoms with Crippen LogP contribution in [0.1, 0.15) is 12.5 Å². The average molecular weight is 223 g/mol. The first kappa shape index (κ1) is 12.0. The van der Waals surface area contributed by atoms with Crippen molar-refractivity contribution in [2.75, 3.05) is 14.2 Å². The Hall–Kier alpha value is -2.04. The lowest BCUT2D eigenvalue weighted by Gasteiger charge is -2.09. The molecule has 16 heavy (non-hydrogen) atoms. The zero-order valence-electron chi connectivity index (χ0n) is 9.39. The van der Waals surface area contributed by atoms with Crippen LogP contribution in [0.5, 0.6) is 11.5 Å². The fourth-order valence-electron chi connectivity index (χ4n) is 1.30. The molecule has 0 radical (unpaired) electrons. The molecular formula is C11H13NO4. The fraction of sp³-hybridized carbons (Fsp3) is 0.273. The Morgan fingerprint density at radius 1 is 1.38 bits per heavy atom. The van der Waals surface area contributed by atoms with Crippen molar-refractivity contribution in [2.24, 2.45) is 0 Å². The second kappa shape index (κ2) is 5.16. The highest BCUT2D eigenvalue weighted by Gasteiger charge is 2.10. The summed E-state index contributed by atoms with van der Waals surface area (Å²) in [6.07, 6.45) is 1.45.